The van der Waals surface area contributed by atoms with Crippen molar-refractivity contribution in [2.24, 2.45) is 0 Å². The van der Waals surface area contributed by atoms with Gasteiger partial charge in [0.15, 0.2) is 0 Å². The lowest BCUT2D eigenvalue weighted by Crippen LogP contribution is -2.22. The number of carbonyl (C=O) groups is 2. The number of aryl methyl sites for hydroxylation is 1. The summed E-state index contributed by atoms with van der Waals surface area (Å²) in [5.74, 6) is 0.130. The smallest absolute Gasteiger partial charge is 0.295 e. The predicted octanol–water partition coefficient (Wildman–Crippen LogP) is 1.37. The average molecular weight is 287 g/mol. The van der Waals surface area contributed by atoms with E-state index in [0.29, 0.717) is 30.0 Å². The van der Waals surface area contributed by atoms with E-state index in [1.807, 2.05) is 13.8 Å². The fourth-order valence-electron chi connectivity index (χ4n) is 1.74. The van der Waals surface area contributed by atoms with Crippen LogP contribution in [0.4, 0.5) is 5.69 Å². The van der Waals surface area contributed by atoms with E-state index in [4.69, 9.17) is 0 Å². The fourth-order valence-corrected chi connectivity index (χ4v) is 1.74. The molecule has 1 aromatic heterocycles. The molecule has 1 aromatic carbocycles. The number of amides is 2. The second kappa shape index (κ2) is 6.65. The molecule has 0 atom stereocenters. The van der Waals surface area contributed by atoms with Crippen LogP contribution in [0.5, 0.6) is 0 Å². The first kappa shape index (κ1) is 14.7. The normalized spacial score (nSPS) is 10.2. The summed E-state index contributed by atoms with van der Waals surface area (Å²) in [6.45, 7) is 4.31. The van der Waals surface area contributed by atoms with Crippen LogP contribution in [0.3, 0.4) is 0 Å². The van der Waals surface area contributed by atoms with E-state index < -0.39 is 5.91 Å². The zero-order valence-corrected chi connectivity index (χ0v) is 11.9. The van der Waals surface area contributed by atoms with Gasteiger partial charge < -0.3 is 10.6 Å². The van der Waals surface area contributed by atoms with Gasteiger partial charge in [-0.15, -0.1) is 5.10 Å². The van der Waals surface area contributed by atoms with Crippen molar-refractivity contribution in [2.75, 3.05) is 11.9 Å². The lowest BCUT2D eigenvalue weighted by molar-refractivity contribution is 0.0954. The van der Waals surface area contributed by atoms with Crippen molar-refractivity contribution in [2.45, 2.75) is 20.3 Å². The second-order valence-corrected chi connectivity index (χ2v) is 4.35. The number of nitrogens with one attached hydrogen (secondary N) is 3. The molecule has 7 nitrogen and oxygen atoms in total. The highest BCUT2D eigenvalue weighted by Crippen LogP contribution is 2.11. The topological polar surface area (TPSA) is 99.8 Å². The van der Waals surface area contributed by atoms with E-state index in [2.05, 4.69) is 25.8 Å². The van der Waals surface area contributed by atoms with Gasteiger partial charge in [0, 0.05) is 24.2 Å². The van der Waals surface area contributed by atoms with Crippen LogP contribution in [0.1, 0.15) is 40.6 Å². The molecular weight excluding hydrogens is 270 g/mol. The van der Waals surface area contributed by atoms with Gasteiger partial charge in [-0.05, 0) is 25.1 Å². The van der Waals surface area contributed by atoms with E-state index in [-0.39, 0.29) is 11.7 Å². The van der Waals surface area contributed by atoms with Crippen LogP contribution in [0.25, 0.3) is 0 Å². The number of aromatic amines is 1. The van der Waals surface area contributed by atoms with E-state index in [1.54, 1.807) is 24.3 Å². The number of carbonyl (C=O) groups excluding carboxylic acids is 2. The molecule has 110 valence electrons. The van der Waals surface area contributed by atoms with Crippen molar-refractivity contribution in [3.63, 3.8) is 0 Å². The molecule has 21 heavy (non-hydrogen) atoms. The summed E-state index contributed by atoms with van der Waals surface area (Å²) in [6.07, 6.45) is 0.674. The summed E-state index contributed by atoms with van der Waals surface area (Å²) in [5.41, 5.74) is 1.01. The highest BCUT2D eigenvalue weighted by atomic mass is 16.2. The van der Waals surface area contributed by atoms with Gasteiger partial charge in [0.05, 0.1) is 0 Å². The molecule has 0 aliphatic heterocycles. The largest absolute Gasteiger partial charge is 0.352 e. The third-order valence-corrected chi connectivity index (χ3v) is 2.79. The maximum atomic E-state index is 12.0. The molecule has 0 unspecified atom stereocenters. The lowest BCUT2D eigenvalue weighted by Gasteiger charge is -2.06. The summed E-state index contributed by atoms with van der Waals surface area (Å²) < 4.78 is 0. The van der Waals surface area contributed by atoms with Crippen LogP contribution >= 0.6 is 0 Å². The van der Waals surface area contributed by atoms with E-state index in [9.17, 15) is 9.59 Å². The highest BCUT2D eigenvalue weighted by Gasteiger charge is 2.13. The molecule has 7 heteroatoms. The SMILES string of the molecule is CCNC(=O)c1cccc(NC(=O)c2n[nH]c(CC)n2)c1. The van der Waals surface area contributed by atoms with Crippen molar-refractivity contribution < 1.29 is 9.59 Å². The minimum atomic E-state index is -0.418. The number of hydrogen-bond acceptors (Lipinski definition) is 4. The van der Waals surface area contributed by atoms with Crippen molar-refractivity contribution in [3.05, 3.63) is 41.5 Å². The lowest BCUT2D eigenvalue weighted by atomic mass is 10.2. The van der Waals surface area contributed by atoms with Gasteiger partial charge in [-0.25, -0.2) is 4.98 Å². The van der Waals surface area contributed by atoms with Crippen LogP contribution in [0.2, 0.25) is 0 Å². The summed E-state index contributed by atoms with van der Waals surface area (Å²) >= 11 is 0. The first-order valence-corrected chi connectivity index (χ1v) is 6.75. The van der Waals surface area contributed by atoms with Crippen molar-refractivity contribution >= 4 is 17.5 Å². The van der Waals surface area contributed by atoms with E-state index in [0.717, 1.165) is 0 Å². The molecule has 2 aromatic rings. The number of hydrogen-bond donors (Lipinski definition) is 3. The first-order valence-electron chi connectivity index (χ1n) is 6.75. The number of nitrogens with zero attached hydrogens (tertiary/aromatic N) is 2. The van der Waals surface area contributed by atoms with Crippen LogP contribution in [-0.4, -0.2) is 33.5 Å². The quantitative estimate of drug-likeness (QED) is 0.773. The Hall–Kier alpha value is -2.70. The molecule has 0 aliphatic carbocycles. The molecule has 2 amide bonds. The Morgan fingerprint density at radius 3 is 2.71 bits per heavy atom. The molecule has 0 saturated heterocycles. The Morgan fingerprint density at radius 2 is 2.05 bits per heavy atom. The summed E-state index contributed by atoms with van der Waals surface area (Å²) in [5, 5.41) is 11.9. The third kappa shape index (κ3) is 3.65. The van der Waals surface area contributed by atoms with Gasteiger partial charge in [-0.3, -0.25) is 14.7 Å². The third-order valence-electron chi connectivity index (χ3n) is 2.79. The molecule has 0 fully saturated rings. The Morgan fingerprint density at radius 1 is 1.24 bits per heavy atom. The zero-order chi connectivity index (χ0) is 15.2. The van der Waals surface area contributed by atoms with Crippen LogP contribution < -0.4 is 10.6 Å². The molecule has 3 N–H and O–H groups in total. The molecule has 1 heterocycles. The van der Waals surface area contributed by atoms with E-state index in [1.165, 1.54) is 0 Å². The van der Waals surface area contributed by atoms with Gasteiger partial charge in [-0.2, -0.15) is 0 Å². The monoisotopic (exact) mass is 287 g/mol. The number of aromatic nitrogens is 3. The minimum absolute atomic E-state index is 0.0789. The first-order chi connectivity index (χ1) is 10.1. The number of benzene rings is 1. The molecule has 0 bridgehead atoms. The van der Waals surface area contributed by atoms with Crippen molar-refractivity contribution in [3.8, 4) is 0 Å². The molecule has 0 aliphatic rings. The van der Waals surface area contributed by atoms with Gasteiger partial charge in [-0.1, -0.05) is 13.0 Å². The minimum Gasteiger partial charge on any atom is -0.352 e. The van der Waals surface area contributed by atoms with Gasteiger partial charge in [0.25, 0.3) is 11.8 Å². The summed E-state index contributed by atoms with van der Waals surface area (Å²) in [6, 6.07) is 6.70. The molecular formula is C14H17N5O2. The summed E-state index contributed by atoms with van der Waals surface area (Å²) in [4.78, 5) is 27.8. The van der Waals surface area contributed by atoms with Crippen molar-refractivity contribution in [1.29, 1.82) is 0 Å². The standard InChI is InChI=1S/C14H17N5O2/c1-3-11-17-12(19-18-11)14(21)16-10-7-5-6-9(8-10)13(20)15-4-2/h5-8H,3-4H2,1-2H3,(H,15,20)(H,16,21)(H,17,18,19). The zero-order valence-electron chi connectivity index (χ0n) is 11.9. The number of anilines is 1. The maximum Gasteiger partial charge on any atom is 0.295 e. The fraction of sp³-hybridized carbons (Fsp3) is 0.286. The van der Waals surface area contributed by atoms with Crippen LogP contribution in [0, 0.1) is 0 Å². The van der Waals surface area contributed by atoms with Gasteiger partial charge >= 0.3 is 0 Å². The maximum absolute atomic E-state index is 12.0. The van der Waals surface area contributed by atoms with E-state index >= 15 is 0 Å². The van der Waals surface area contributed by atoms with Gasteiger partial charge in [0.2, 0.25) is 5.82 Å². The van der Waals surface area contributed by atoms with Gasteiger partial charge in [0.1, 0.15) is 5.82 Å². The Labute approximate surface area is 122 Å². The Bertz CT molecular complexity index is 650. The summed E-state index contributed by atoms with van der Waals surface area (Å²) in [7, 11) is 0. The molecule has 0 saturated carbocycles. The highest BCUT2D eigenvalue weighted by molar-refractivity contribution is 6.02. The van der Waals surface area contributed by atoms with Crippen LogP contribution in [-0.2, 0) is 6.42 Å². The van der Waals surface area contributed by atoms with Crippen LogP contribution in [0.15, 0.2) is 24.3 Å². The predicted molar refractivity (Wildman–Crippen MR) is 78.2 cm³/mol. The second-order valence-electron chi connectivity index (χ2n) is 4.35. The number of H-pyrrole nitrogens is 1. The molecule has 2 rings (SSSR count). The van der Waals surface area contributed by atoms with Crippen molar-refractivity contribution in [1.82, 2.24) is 20.5 Å². The molecule has 0 spiro atoms. The Kier molecular flexibility index (Phi) is 4.65. The molecule has 0 radical (unpaired) electrons. The average Bonchev–Trinajstić information content (AvgIpc) is 2.97. The Balaban J connectivity index is 2.10. The number of rotatable bonds is 5.